The van der Waals surface area contributed by atoms with E-state index in [4.69, 9.17) is 4.74 Å². The second-order valence-corrected chi connectivity index (χ2v) is 4.81. The van der Waals surface area contributed by atoms with Crippen molar-refractivity contribution in [3.05, 3.63) is 59.9 Å². The van der Waals surface area contributed by atoms with Crippen LogP contribution in [-0.4, -0.2) is 34.7 Å². The highest BCUT2D eigenvalue weighted by atomic mass is 16.5. The summed E-state index contributed by atoms with van der Waals surface area (Å²) in [5.74, 6) is 0.742. The lowest BCUT2D eigenvalue weighted by atomic mass is 10.2. The summed E-state index contributed by atoms with van der Waals surface area (Å²) >= 11 is 0. The maximum atomic E-state index is 12.3. The van der Waals surface area contributed by atoms with E-state index in [1.807, 2.05) is 31.2 Å². The Morgan fingerprint density at radius 3 is 2.71 bits per heavy atom. The first-order chi connectivity index (χ1) is 10.1. The predicted molar refractivity (Wildman–Crippen MR) is 81.3 cm³/mol. The molecule has 0 atom stereocenters. The van der Waals surface area contributed by atoms with Gasteiger partial charge in [-0.3, -0.25) is 9.89 Å². The van der Waals surface area contributed by atoms with Gasteiger partial charge in [0.05, 0.1) is 11.8 Å². The first-order valence-electron chi connectivity index (χ1n) is 6.70. The Morgan fingerprint density at radius 1 is 1.43 bits per heavy atom. The number of ether oxygens (including phenoxy) is 1. The molecular weight excluding hydrogens is 266 g/mol. The number of carbonyl (C=O) groups is 1. The highest BCUT2D eigenvalue weighted by Crippen LogP contribution is 2.15. The maximum absolute atomic E-state index is 12.3. The molecule has 110 valence electrons. The minimum Gasteiger partial charge on any atom is -0.490 e. The summed E-state index contributed by atoms with van der Waals surface area (Å²) in [6.45, 7) is 6.46. The lowest BCUT2D eigenvalue weighted by Crippen LogP contribution is -2.26. The Balaban J connectivity index is 1.99. The molecule has 1 aromatic heterocycles. The lowest BCUT2D eigenvalue weighted by molar-refractivity contribution is 0.0784. The zero-order valence-corrected chi connectivity index (χ0v) is 12.3. The molecule has 0 aliphatic rings. The van der Waals surface area contributed by atoms with Gasteiger partial charge in [0.15, 0.2) is 0 Å². The largest absolute Gasteiger partial charge is 0.490 e. The Kier molecular flexibility index (Phi) is 4.77. The van der Waals surface area contributed by atoms with Gasteiger partial charge >= 0.3 is 0 Å². The Bertz CT molecular complexity index is 617. The molecule has 0 radical (unpaired) electrons. The standard InChI is InChI=1S/C16H19N3O2/c1-4-9-21-14-7-5-13(6-8-14)11-19(3)16(20)15-10-17-18-12(15)2/h4-8,10H,1,9,11H2,2-3H3,(H,17,18). The van der Waals surface area contributed by atoms with E-state index in [9.17, 15) is 4.79 Å². The molecule has 0 fully saturated rings. The first kappa shape index (κ1) is 14.8. The fourth-order valence-electron chi connectivity index (χ4n) is 1.96. The lowest BCUT2D eigenvalue weighted by Gasteiger charge is -2.17. The van der Waals surface area contributed by atoms with E-state index < -0.39 is 0 Å². The average molecular weight is 285 g/mol. The number of nitrogens with one attached hydrogen (secondary N) is 1. The minimum atomic E-state index is -0.0479. The van der Waals surface area contributed by atoms with E-state index in [0.29, 0.717) is 18.7 Å². The second kappa shape index (κ2) is 6.74. The van der Waals surface area contributed by atoms with E-state index in [0.717, 1.165) is 17.0 Å². The van der Waals surface area contributed by atoms with Gasteiger partial charge in [0.1, 0.15) is 12.4 Å². The fraction of sp³-hybridized carbons (Fsp3) is 0.250. The molecule has 0 unspecified atom stereocenters. The van der Waals surface area contributed by atoms with Crippen molar-refractivity contribution in [3.63, 3.8) is 0 Å². The number of aromatic nitrogens is 2. The summed E-state index contributed by atoms with van der Waals surface area (Å²) in [5, 5.41) is 6.65. The predicted octanol–water partition coefficient (Wildman–Crippen LogP) is 2.56. The van der Waals surface area contributed by atoms with Gasteiger partial charge in [-0.25, -0.2) is 0 Å². The Morgan fingerprint density at radius 2 is 2.14 bits per heavy atom. The average Bonchev–Trinajstić information content (AvgIpc) is 2.92. The van der Waals surface area contributed by atoms with Crippen molar-refractivity contribution in [2.75, 3.05) is 13.7 Å². The number of aromatic amines is 1. The third-order valence-electron chi connectivity index (χ3n) is 3.12. The number of hydrogen-bond acceptors (Lipinski definition) is 3. The minimum absolute atomic E-state index is 0.0479. The van der Waals surface area contributed by atoms with Crippen molar-refractivity contribution in [1.82, 2.24) is 15.1 Å². The van der Waals surface area contributed by atoms with E-state index in [2.05, 4.69) is 16.8 Å². The van der Waals surface area contributed by atoms with Crippen LogP contribution in [0.4, 0.5) is 0 Å². The molecule has 0 aliphatic carbocycles. The number of amides is 1. The Hall–Kier alpha value is -2.56. The molecule has 0 spiro atoms. The molecule has 21 heavy (non-hydrogen) atoms. The van der Waals surface area contributed by atoms with E-state index >= 15 is 0 Å². The molecule has 2 rings (SSSR count). The van der Waals surface area contributed by atoms with Gasteiger partial charge in [-0.15, -0.1) is 0 Å². The normalized spacial score (nSPS) is 10.2. The molecule has 5 heteroatoms. The second-order valence-electron chi connectivity index (χ2n) is 4.81. The van der Waals surface area contributed by atoms with Crippen LogP contribution < -0.4 is 4.74 Å². The number of rotatable bonds is 6. The molecule has 1 heterocycles. The SMILES string of the molecule is C=CCOc1ccc(CN(C)C(=O)c2cn[nH]c2C)cc1. The third-order valence-corrected chi connectivity index (χ3v) is 3.12. The summed E-state index contributed by atoms with van der Waals surface area (Å²) in [5.41, 5.74) is 2.42. The van der Waals surface area contributed by atoms with Crippen molar-refractivity contribution in [3.8, 4) is 5.75 Å². The molecule has 1 aromatic carbocycles. The van der Waals surface area contributed by atoms with Gasteiger partial charge in [-0.1, -0.05) is 24.8 Å². The van der Waals surface area contributed by atoms with Crippen LogP contribution in [0, 0.1) is 6.92 Å². The monoisotopic (exact) mass is 285 g/mol. The molecule has 1 amide bonds. The van der Waals surface area contributed by atoms with Crippen molar-refractivity contribution in [1.29, 1.82) is 0 Å². The molecule has 0 aliphatic heterocycles. The number of carbonyl (C=O) groups excluding carboxylic acids is 1. The van der Waals surface area contributed by atoms with Gasteiger partial charge in [0, 0.05) is 19.3 Å². The van der Waals surface area contributed by atoms with Gasteiger partial charge in [0.25, 0.3) is 5.91 Å². The van der Waals surface area contributed by atoms with Gasteiger partial charge in [-0.05, 0) is 24.6 Å². The van der Waals surface area contributed by atoms with Crippen LogP contribution in [0.5, 0.6) is 5.75 Å². The van der Waals surface area contributed by atoms with Crippen LogP contribution in [0.3, 0.4) is 0 Å². The summed E-state index contributed by atoms with van der Waals surface area (Å²) in [4.78, 5) is 13.9. The number of aryl methyl sites for hydroxylation is 1. The van der Waals surface area contributed by atoms with Crippen LogP contribution in [0.15, 0.2) is 43.1 Å². The van der Waals surface area contributed by atoms with Crippen molar-refractivity contribution in [2.24, 2.45) is 0 Å². The molecule has 0 saturated heterocycles. The molecule has 2 aromatic rings. The number of nitrogens with zero attached hydrogens (tertiary/aromatic N) is 2. The maximum Gasteiger partial charge on any atom is 0.257 e. The van der Waals surface area contributed by atoms with E-state index in [-0.39, 0.29) is 5.91 Å². The molecule has 0 bridgehead atoms. The highest BCUT2D eigenvalue weighted by molar-refractivity contribution is 5.94. The van der Waals surface area contributed by atoms with Crippen LogP contribution in [-0.2, 0) is 6.54 Å². The van der Waals surface area contributed by atoms with E-state index in [1.165, 1.54) is 0 Å². The van der Waals surface area contributed by atoms with Crippen molar-refractivity contribution in [2.45, 2.75) is 13.5 Å². The zero-order chi connectivity index (χ0) is 15.2. The van der Waals surface area contributed by atoms with Crippen LogP contribution in [0.1, 0.15) is 21.6 Å². The number of H-pyrrole nitrogens is 1. The quantitative estimate of drug-likeness (QED) is 0.830. The van der Waals surface area contributed by atoms with Gasteiger partial charge in [-0.2, -0.15) is 5.10 Å². The number of hydrogen-bond donors (Lipinski definition) is 1. The highest BCUT2D eigenvalue weighted by Gasteiger charge is 2.15. The first-order valence-corrected chi connectivity index (χ1v) is 6.70. The molecule has 1 N–H and O–H groups in total. The summed E-state index contributed by atoms with van der Waals surface area (Å²) < 4.78 is 5.43. The smallest absolute Gasteiger partial charge is 0.257 e. The molecule has 0 saturated carbocycles. The zero-order valence-electron chi connectivity index (χ0n) is 12.3. The van der Waals surface area contributed by atoms with Gasteiger partial charge < -0.3 is 9.64 Å². The Labute approximate surface area is 124 Å². The summed E-state index contributed by atoms with van der Waals surface area (Å²) in [7, 11) is 1.77. The fourth-order valence-corrected chi connectivity index (χ4v) is 1.96. The summed E-state index contributed by atoms with van der Waals surface area (Å²) in [6.07, 6.45) is 3.26. The number of benzene rings is 1. The van der Waals surface area contributed by atoms with Crippen LogP contribution in [0.2, 0.25) is 0 Å². The van der Waals surface area contributed by atoms with Crippen molar-refractivity contribution < 1.29 is 9.53 Å². The molecular formula is C16H19N3O2. The van der Waals surface area contributed by atoms with Crippen LogP contribution in [0.25, 0.3) is 0 Å². The topological polar surface area (TPSA) is 58.2 Å². The van der Waals surface area contributed by atoms with Crippen LogP contribution >= 0.6 is 0 Å². The van der Waals surface area contributed by atoms with Crippen molar-refractivity contribution >= 4 is 5.91 Å². The summed E-state index contributed by atoms with van der Waals surface area (Å²) in [6, 6.07) is 7.68. The van der Waals surface area contributed by atoms with E-state index in [1.54, 1.807) is 24.2 Å². The van der Waals surface area contributed by atoms with Gasteiger partial charge in [0.2, 0.25) is 0 Å². The molecule has 5 nitrogen and oxygen atoms in total. The third kappa shape index (κ3) is 3.72.